The van der Waals surface area contributed by atoms with Gasteiger partial charge in [-0.05, 0) is 6.92 Å². The molecule has 4 heteroatoms. The van der Waals surface area contributed by atoms with Gasteiger partial charge in [-0.25, -0.2) is 4.98 Å². The van der Waals surface area contributed by atoms with Crippen LogP contribution in [0.5, 0.6) is 0 Å². The summed E-state index contributed by atoms with van der Waals surface area (Å²) in [6, 6.07) is 0. The van der Waals surface area contributed by atoms with Crippen molar-refractivity contribution in [2.45, 2.75) is 18.9 Å². The third-order valence-electron chi connectivity index (χ3n) is 1.70. The lowest BCUT2D eigenvalue weighted by Gasteiger charge is -2.19. The molecule has 1 aromatic rings. The minimum atomic E-state index is -0.561. The molecular formula is C8H15N3O. The number of hydrogen-bond donors (Lipinski definition) is 2. The van der Waals surface area contributed by atoms with Crippen LogP contribution in [0.1, 0.15) is 12.6 Å². The molecule has 0 amide bonds. The van der Waals surface area contributed by atoms with Crippen molar-refractivity contribution in [3.63, 3.8) is 0 Å². The van der Waals surface area contributed by atoms with Crippen molar-refractivity contribution >= 4 is 0 Å². The van der Waals surface area contributed by atoms with E-state index in [2.05, 4.69) is 4.98 Å². The third-order valence-corrected chi connectivity index (χ3v) is 1.70. The molecule has 12 heavy (non-hydrogen) atoms. The van der Waals surface area contributed by atoms with Gasteiger partial charge in [0.2, 0.25) is 0 Å². The fourth-order valence-corrected chi connectivity index (χ4v) is 1.03. The van der Waals surface area contributed by atoms with Crippen LogP contribution < -0.4 is 5.73 Å². The molecule has 4 nitrogen and oxygen atoms in total. The van der Waals surface area contributed by atoms with Gasteiger partial charge >= 0.3 is 0 Å². The first-order valence-corrected chi connectivity index (χ1v) is 3.90. The first-order valence-electron chi connectivity index (χ1n) is 3.90. The van der Waals surface area contributed by atoms with Crippen LogP contribution in [0.25, 0.3) is 0 Å². The number of aryl methyl sites for hydroxylation is 1. The van der Waals surface area contributed by atoms with E-state index in [0.29, 0.717) is 6.42 Å². The Balaban J connectivity index is 2.63. The molecule has 0 aliphatic heterocycles. The van der Waals surface area contributed by atoms with Gasteiger partial charge in [0.05, 0.1) is 18.6 Å². The molecular weight excluding hydrogens is 154 g/mol. The summed E-state index contributed by atoms with van der Waals surface area (Å²) in [5.41, 5.74) is 6.11. The smallest absolute Gasteiger partial charge is 0.0946 e. The van der Waals surface area contributed by atoms with E-state index in [1.165, 1.54) is 0 Å². The van der Waals surface area contributed by atoms with Gasteiger partial charge in [0.25, 0.3) is 0 Å². The molecule has 1 rings (SSSR count). The van der Waals surface area contributed by atoms with Gasteiger partial charge in [0.15, 0.2) is 0 Å². The lowest BCUT2D eigenvalue weighted by atomic mass is 9.99. The number of rotatable bonds is 3. The topological polar surface area (TPSA) is 64.1 Å². The van der Waals surface area contributed by atoms with Gasteiger partial charge in [0, 0.05) is 25.2 Å². The summed E-state index contributed by atoms with van der Waals surface area (Å²) < 4.78 is 1.86. The van der Waals surface area contributed by atoms with Crippen LogP contribution in [-0.4, -0.2) is 26.8 Å². The normalized spacial score (nSPS) is 16.0. The number of nitrogens with two attached hydrogens (primary N) is 1. The summed E-state index contributed by atoms with van der Waals surface area (Å²) in [4.78, 5) is 4.12. The summed E-state index contributed by atoms with van der Waals surface area (Å²) in [6.45, 7) is 1.78. The highest BCUT2D eigenvalue weighted by atomic mass is 16.3. The van der Waals surface area contributed by atoms with Crippen molar-refractivity contribution in [2.75, 3.05) is 6.61 Å². The molecule has 0 fully saturated rings. The summed E-state index contributed by atoms with van der Waals surface area (Å²) in [6.07, 6.45) is 4.23. The molecule has 0 saturated heterocycles. The monoisotopic (exact) mass is 169 g/mol. The predicted molar refractivity (Wildman–Crippen MR) is 46.6 cm³/mol. The van der Waals surface area contributed by atoms with Crippen LogP contribution in [-0.2, 0) is 13.5 Å². The van der Waals surface area contributed by atoms with E-state index >= 15 is 0 Å². The maximum Gasteiger partial charge on any atom is 0.0946 e. The van der Waals surface area contributed by atoms with E-state index in [9.17, 15) is 0 Å². The molecule has 1 atom stereocenters. The minimum absolute atomic E-state index is 0.0242. The Morgan fingerprint density at radius 3 is 2.83 bits per heavy atom. The number of hydrogen-bond acceptors (Lipinski definition) is 3. The summed E-state index contributed by atoms with van der Waals surface area (Å²) in [5.74, 6) is 0. The summed E-state index contributed by atoms with van der Waals surface area (Å²) in [5, 5.41) is 8.90. The summed E-state index contributed by atoms with van der Waals surface area (Å²) in [7, 11) is 1.91. The van der Waals surface area contributed by atoms with Gasteiger partial charge in [-0.15, -0.1) is 0 Å². The van der Waals surface area contributed by atoms with Gasteiger partial charge in [-0.2, -0.15) is 0 Å². The zero-order valence-corrected chi connectivity index (χ0v) is 7.49. The molecule has 0 bridgehead atoms. The number of imidazole rings is 1. The SMILES string of the molecule is Cn1cnc(CC(C)(N)CO)c1. The predicted octanol–water partition coefficient (Wildman–Crippen LogP) is -0.328. The Morgan fingerprint density at radius 1 is 1.75 bits per heavy atom. The fourth-order valence-electron chi connectivity index (χ4n) is 1.03. The van der Waals surface area contributed by atoms with Gasteiger partial charge < -0.3 is 15.4 Å². The van der Waals surface area contributed by atoms with E-state index in [0.717, 1.165) is 5.69 Å². The maximum absolute atomic E-state index is 8.90. The quantitative estimate of drug-likeness (QED) is 0.651. The van der Waals surface area contributed by atoms with E-state index in [-0.39, 0.29) is 6.61 Å². The number of nitrogens with zero attached hydrogens (tertiary/aromatic N) is 2. The fraction of sp³-hybridized carbons (Fsp3) is 0.625. The Hall–Kier alpha value is -0.870. The van der Waals surface area contributed by atoms with Crippen LogP contribution in [0.4, 0.5) is 0 Å². The largest absolute Gasteiger partial charge is 0.394 e. The highest BCUT2D eigenvalue weighted by Crippen LogP contribution is 2.07. The van der Waals surface area contributed by atoms with Crippen molar-refractivity contribution in [1.82, 2.24) is 9.55 Å². The number of aliphatic hydroxyl groups excluding tert-OH is 1. The van der Waals surface area contributed by atoms with Gasteiger partial charge in [-0.3, -0.25) is 0 Å². The number of aliphatic hydroxyl groups is 1. The van der Waals surface area contributed by atoms with Crippen LogP contribution in [0.15, 0.2) is 12.5 Å². The highest BCUT2D eigenvalue weighted by Gasteiger charge is 2.18. The zero-order chi connectivity index (χ0) is 9.19. The van der Waals surface area contributed by atoms with Crippen LogP contribution in [0.3, 0.4) is 0 Å². The Labute approximate surface area is 72.0 Å². The lowest BCUT2D eigenvalue weighted by molar-refractivity contribution is 0.207. The van der Waals surface area contributed by atoms with E-state index in [1.54, 1.807) is 6.33 Å². The lowest BCUT2D eigenvalue weighted by Crippen LogP contribution is -2.42. The molecule has 0 spiro atoms. The molecule has 0 aromatic carbocycles. The average Bonchev–Trinajstić information content (AvgIpc) is 2.35. The molecule has 0 radical (unpaired) electrons. The highest BCUT2D eigenvalue weighted by molar-refractivity contribution is 5.02. The van der Waals surface area contributed by atoms with E-state index < -0.39 is 5.54 Å². The van der Waals surface area contributed by atoms with Crippen molar-refractivity contribution in [2.24, 2.45) is 12.8 Å². The number of aromatic nitrogens is 2. The molecule has 0 aliphatic rings. The standard InChI is InChI=1S/C8H15N3O/c1-8(9,5-12)3-7-4-11(2)6-10-7/h4,6,12H,3,5,9H2,1-2H3. The Morgan fingerprint density at radius 2 is 2.42 bits per heavy atom. The van der Waals surface area contributed by atoms with E-state index in [4.69, 9.17) is 10.8 Å². The van der Waals surface area contributed by atoms with Crippen molar-refractivity contribution in [3.8, 4) is 0 Å². The first-order chi connectivity index (χ1) is 5.53. The second-order valence-corrected chi connectivity index (χ2v) is 3.52. The molecule has 1 aromatic heterocycles. The van der Waals surface area contributed by atoms with E-state index in [1.807, 2.05) is 24.7 Å². The average molecular weight is 169 g/mol. The van der Waals surface area contributed by atoms with Crippen LogP contribution >= 0.6 is 0 Å². The van der Waals surface area contributed by atoms with Gasteiger partial charge in [-0.1, -0.05) is 0 Å². The Bertz CT molecular complexity index is 255. The molecule has 0 saturated carbocycles. The second-order valence-electron chi connectivity index (χ2n) is 3.52. The first kappa shape index (κ1) is 9.22. The van der Waals surface area contributed by atoms with Crippen LogP contribution in [0, 0.1) is 0 Å². The zero-order valence-electron chi connectivity index (χ0n) is 7.49. The molecule has 0 aliphatic carbocycles. The Kier molecular flexibility index (Phi) is 2.49. The van der Waals surface area contributed by atoms with Crippen molar-refractivity contribution < 1.29 is 5.11 Å². The minimum Gasteiger partial charge on any atom is -0.394 e. The van der Waals surface area contributed by atoms with Gasteiger partial charge in [0.1, 0.15) is 0 Å². The molecule has 1 unspecified atom stereocenters. The van der Waals surface area contributed by atoms with Crippen molar-refractivity contribution in [3.05, 3.63) is 18.2 Å². The summed E-state index contributed by atoms with van der Waals surface area (Å²) >= 11 is 0. The molecule has 3 N–H and O–H groups in total. The molecule has 1 heterocycles. The molecule has 68 valence electrons. The maximum atomic E-state index is 8.90. The van der Waals surface area contributed by atoms with Crippen molar-refractivity contribution in [1.29, 1.82) is 0 Å². The third kappa shape index (κ3) is 2.32. The second kappa shape index (κ2) is 3.25. The van der Waals surface area contributed by atoms with Crippen LogP contribution in [0.2, 0.25) is 0 Å².